The molecule has 0 amide bonds. The first-order valence-corrected chi connectivity index (χ1v) is 6.25. The largest absolute Gasteiger partial charge is 0.488 e. The van der Waals surface area contributed by atoms with E-state index in [2.05, 4.69) is 15.9 Å². The van der Waals surface area contributed by atoms with Gasteiger partial charge in [-0.15, -0.1) is 0 Å². The predicted molar refractivity (Wildman–Crippen MR) is 74.0 cm³/mol. The molecular formula is C14H10BrFN2O. The smallest absolute Gasteiger partial charge is 0.137 e. The van der Waals surface area contributed by atoms with Crippen LogP contribution in [-0.2, 0) is 6.61 Å². The highest BCUT2D eigenvalue weighted by Gasteiger charge is 2.05. The molecule has 0 unspecified atom stereocenters. The average Bonchev–Trinajstić information content (AvgIpc) is 2.36. The lowest BCUT2D eigenvalue weighted by Crippen LogP contribution is -1.99. The van der Waals surface area contributed by atoms with Crippen molar-refractivity contribution >= 4 is 21.6 Å². The van der Waals surface area contributed by atoms with Crippen molar-refractivity contribution in [3.8, 4) is 11.8 Å². The van der Waals surface area contributed by atoms with Crippen LogP contribution < -0.4 is 10.5 Å². The van der Waals surface area contributed by atoms with Gasteiger partial charge in [0.15, 0.2) is 0 Å². The molecule has 0 saturated heterocycles. The number of halogens is 2. The van der Waals surface area contributed by atoms with Crippen LogP contribution in [0.2, 0.25) is 0 Å². The Morgan fingerprint density at radius 3 is 2.74 bits per heavy atom. The topological polar surface area (TPSA) is 59.0 Å². The molecule has 0 saturated carbocycles. The number of nitrogen functional groups attached to an aromatic ring is 1. The Morgan fingerprint density at radius 2 is 2.05 bits per heavy atom. The predicted octanol–water partition coefficient (Wildman–Crippen LogP) is 3.62. The Hall–Kier alpha value is -2.06. The van der Waals surface area contributed by atoms with Gasteiger partial charge in [-0.25, -0.2) is 4.39 Å². The lowest BCUT2D eigenvalue weighted by Gasteiger charge is -2.09. The van der Waals surface area contributed by atoms with E-state index < -0.39 is 0 Å². The number of hydrogen-bond acceptors (Lipinski definition) is 3. The highest BCUT2D eigenvalue weighted by atomic mass is 79.9. The van der Waals surface area contributed by atoms with E-state index in [1.54, 1.807) is 18.2 Å². The zero-order valence-electron chi connectivity index (χ0n) is 9.86. The first kappa shape index (κ1) is 13.4. The monoisotopic (exact) mass is 320 g/mol. The van der Waals surface area contributed by atoms with Crippen LogP contribution in [0.3, 0.4) is 0 Å². The lowest BCUT2D eigenvalue weighted by atomic mass is 10.2. The quantitative estimate of drug-likeness (QED) is 0.879. The fourth-order valence-corrected chi connectivity index (χ4v) is 2.13. The third-order valence-electron chi connectivity index (χ3n) is 2.44. The second-order valence-corrected chi connectivity index (χ2v) is 4.85. The first-order chi connectivity index (χ1) is 9.08. The number of hydrogen-bond donors (Lipinski definition) is 1. The summed E-state index contributed by atoms with van der Waals surface area (Å²) in [5, 5.41) is 8.98. The summed E-state index contributed by atoms with van der Waals surface area (Å²) in [5.41, 5.74) is 7.12. The van der Waals surface area contributed by atoms with Crippen LogP contribution in [0.5, 0.6) is 5.75 Å². The Kier molecular flexibility index (Phi) is 4.03. The number of anilines is 1. The standard InChI is InChI=1S/C14H10BrFN2O/c15-11-3-9(4-12(16)6-11)8-19-14-2-1-13(18)5-10(14)7-17/h1-6H,8,18H2. The van der Waals surface area contributed by atoms with E-state index >= 15 is 0 Å². The fourth-order valence-electron chi connectivity index (χ4n) is 1.62. The molecule has 96 valence electrons. The van der Waals surface area contributed by atoms with Crippen molar-refractivity contribution in [2.45, 2.75) is 6.61 Å². The van der Waals surface area contributed by atoms with Gasteiger partial charge in [0.05, 0.1) is 5.56 Å². The van der Waals surface area contributed by atoms with Crippen LogP contribution in [0, 0.1) is 17.1 Å². The molecule has 0 spiro atoms. The molecular weight excluding hydrogens is 311 g/mol. The summed E-state index contributed by atoms with van der Waals surface area (Å²) in [6, 6.07) is 11.3. The molecule has 2 aromatic rings. The van der Waals surface area contributed by atoms with Crippen LogP contribution in [0.1, 0.15) is 11.1 Å². The fraction of sp³-hybridized carbons (Fsp3) is 0.0714. The summed E-state index contributed by atoms with van der Waals surface area (Å²) in [6.07, 6.45) is 0. The molecule has 0 fully saturated rings. The number of rotatable bonds is 3. The molecule has 0 aliphatic carbocycles. The summed E-state index contributed by atoms with van der Waals surface area (Å²) >= 11 is 3.21. The maximum absolute atomic E-state index is 13.2. The van der Waals surface area contributed by atoms with Crippen LogP contribution in [0.25, 0.3) is 0 Å². The van der Waals surface area contributed by atoms with Gasteiger partial charge in [-0.1, -0.05) is 15.9 Å². The maximum Gasteiger partial charge on any atom is 0.137 e. The molecule has 5 heteroatoms. The number of benzene rings is 2. The summed E-state index contributed by atoms with van der Waals surface area (Å²) in [4.78, 5) is 0. The van der Waals surface area contributed by atoms with Gasteiger partial charge >= 0.3 is 0 Å². The van der Waals surface area contributed by atoms with Gasteiger partial charge < -0.3 is 10.5 Å². The van der Waals surface area contributed by atoms with Gasteiger partial charge in [-0.2, -0.15) is 5.26 Å². The normalized spacial score (nSPS) is 9.95. The van der Waals surface area contributed by atoms with E-state index in [4.69, 9.17) is 15.7 Å². The number of nitrogens with zero attached hydrogens (tertiary/aromatic N) is 1. The van der Waals surface area contributed by atoms with E-state index in [0.29, 0.717) is 27.0 Å². The SMILES string of the molecule is N#Cc1cc(N)ccc1OCc1cc(F)cc(Br)c1. The molecule has 2 rings (SSSR count). The van der Waals surface area contributed by atoms with Gasteiger partial charge in [0.2, 0.25) is 0 Å². The Morgan fingerprint density at radius 1 is 1.26 bits per heavy atom. The van der Waals surface area contributed by atoms with Crippen LogP contribution >= 0.6 is 15.9 Å². The molecule has 0 heterocycles. The molecule has 3 nitrogen and oxygen atoms in total. The van der Waals surface area contributed by atoms with Crippen molar-refractivity contribution in [1.29, 1.82) is 5.26 Å². The molecule has 2 aromatic carbocycles. The Bertz CT molecular complexity index is 632. The molecule has 0 aliphatic heterocycles. The van der Waals surface area contributed by atoms with Crippen molar-refractivity contribution in [2.75, 3.05) is 5.73 Å². The first-order valence-electron chi connectivity index (χ1n) is 5.46. The molecule has 0 aliphatic rings. The minimum Gasteiger partial charge on any atom is -0.488 e. The zero-order valence-corrected chi connectivity index (χ0v) is 11.4. The molecule has 0 bridgehead atoms. The number of ether oxygens (including phenoxy) is 1. The van der Waals surface area contributed by atoms with E-state index in [1.165, 1.54) is 18.2 Å². The molecule has 0 atom stereocenters. The van der Waals surface area contributed by atoms with Gasteiger partial charge in [-0.3, -0.25) is 0 Å². The highest BCUT2D eigenvalue weighted by molar-refractivity contribution is 9.10. The minimum atomic E-state index is -0.342. The number of nitriles is 1. The van der Waals surface area contributed by atoms with Gasteiger partial charge in [0, 0.05) is 10.2 Å². The maximum atomic E-state index is 13.2. The third-order valence-corrected chi connectivity index (χ3v) is 2.90. The van der Waals surface area contributed by atoms with E-state index in [-0.39, 0.29) is 12.4 Å². The minimum absolute atomic E-state index is 0.176. The van der Waals surface area contributed by atoms with Gasteiger partial charge in [0.1, 0.15) is 24.2 Å². The van der Waals surface area contributed by atoms with Crippen LogP contribution in [0.4, 0.5) is 10.1 Å². The van der Waals surface area contributed by atoms with Crippen LogP contribution in [0.15, 0.2) is 40.9 Å². The number of nitrogens with two attached hydrogens (primary N) is 1. The summed E-state index contributed by atoms with van der Waals surface area (Å²) in [5.74, 6) is 0.0860. The van der Waals surface area contributed by atoms with E-state index in [1.807, 2.05) is 6.07 Å². The van der Waals surface area contributed by atoms with Crippen molar-refractivity contribution in [3.63, 3.8) is 0 Å². The molecule has 19 heavy (non-hydrogen) atoms. The Balaban J connectivity index is 2.17. The second kappa shape index (κ2) is 5.72. The van der Waals surface area contributed by atoms with Gasteiger partial charge in [0.25, 0.3) is 0 Å². The second-order valence-electron chi connectivity index (χ2n) is 3.93. The Labute approximate surface area is 118 Å². The molecule has 0 radical (unpaired) electrons. The summed E-state index contributed by atoms with van der Waals surface area (Å²) in [6.45, 7) is 0.176. The summed E-state index contributed by atoms with van der Waals surface area (Å²) in [7, 11) is 0. The highest BCUT2D eigenvalue weighted by Crippen LogP contribution is 2.22. The molecule has 0 aromatic heterocycles. The van der Waals surface area contributed by atoms with Crippen molar-refractivity contribution in [2.24, 2.45) is 0 Å². The zero-order chi connectivity index (χ0) is 13.8. The van der Waals surface area contributed by atoms with Crippen molar-refractivity contribution in [3.05, 3.63) is 57.8 Å². The van der Waals surface area contributed by atoms with Gasteiger partial charge in [-0.05, 0) is 42.0 Å². The lowest BCUT2D eigenvalue weighted by molar-refractivity contribution is 0.304. The van der Waals surface area contributed by atoms with Crippen molar-refractivity contribution < 1.29 is 9.13 Å². The van der Waals surface area contributed by atoms with E-state index in [0.717, 1.165) is 0 Å². The average molecular weight is 321 g/mol. The van der Waals surface area contributed by atoms with Crippen LogP contribution in [-0.4, -0.2) is 0 Å². The molecule has 2 N–H and O–H groups in total. The summed E-state index contributed by atoms with van der Waals surface area (Å²) < 4.78 is 19.4. The van der Waals surface area contributed by atoms with Crippen molar-refractivity contribution in [1.82, 2.24) is 0 Å². The van der Waals surface area contributed by atoms with E-state index in [9.17, 15) is 4.39 Å². The third kappa shape index (κ3) is 3.46.